The molecule has 3 rings (SSSR count). The Hall–Kier alpha value is -2.40. The summed E-state index contributed by atoms with van der Waals surface area (Å²) in [6.45, 7) is 0. The number of hydrogen-bond acceptors (Lipinski definition) is 4. The zero-order chi connectivity index (χ0) is 13.2. The number of benzene rings is 1. The molecular formula is C14H10N2O2S. The maximum Gasteiger partial charge on any atom is 0.348 e. The topological polar surface area (TPSA) is 62.2 Å². The van der Waals surface area contributed by atoms with E-state index in [4.69, 9.17) is 0 Å². The number of hydrogen-bond donors (Lipinski definition) is 2. The van der Waals surface area contributed by atoms with Gasteiger partial charge in [0.15, 0.2) is 0 Å². The number of carboxylic acids is 1. The van der Waals surface area contributed by atoms with Gasteiger partial charge in [-0.15, -0.1) is 11.3 Å². The molecular weight excluding hydrogens is 260 g/mol. The normalized spacial score (nSPS) is 10.5. The van der Waals surface area contributed by atoms with Crippen LogP contribution in [0.2, 0.25) is 0 Å². The first-order valence-electron chi connectivity index (χ1n) is 5.67. The molecule has 3 aromatic rings. The van der Waals surface area contributed by atoms with Gasteiger partial charge in [0, 0.05) is 28.2 Å². The van der Waals surface area contributed by atoms with Crippen LogP contribution in [0.1, 0.15) is 9.67 Å². The number of nitrogens with zero attached hydrogens (tertiary/aromatic N) is 1. The van der Waals surface area contributed by atoms with Crippen molar-refractivity contribution in [3.05, 3.63) is 53.7 Å². The van der Waals surface area contributed by atoms with E-state index in [9.17, 15) is 9.90 Å². The van der Waals surface area contributed by atoms with Gasteiger partial charge >= 0.3 is 5.97 Å². The number of thiophene rings is 1. The molecule has 0 aliphatic heterocycles. The molecule has 19 heavy (non-hydrogen) atoms. The van der Waals surface area contributed by atoms with E-state index in [2.05, 4.69) is 10.3 Å². The third-order valence-corrected chi connectivity index (χ3v) is 3.89. The molecule has 0 saturated carbocycles. The molecule has 0 atom stereocenters. The van der Waals surface area contributed by atoms with E-state index in [1.807, 2.05) is 36.4 Å². The standard InChI is InChI=1S/C14H10N2O2S/c17-14(18)13-12(16-9-4-2-1-3-5-9)10-8-15-7-6-11(10)19-13/h1-8,16H,(H,17,18). The summed E-state index contributed by atoms with van der Waals surface area (Å²) in [5, 5.41) is 13.3. The van der Waals surface area contributed by atoms with Crippen molar-refractivity contribution in [1.29, 1.82) is 0 Å². The maximum absolute atomic E-state index is 11.3. The van der Waals surface area contributed by atoms with E-state index in [0.29, 0.717) is 10.6 Å². The fourth-order valence-corrected chi connectivity index (χ4v) is 2.85. The van der Waals surface area contributed by atoms with Crippen LogP contribution in [0.5, 0.6) is 0 Å². The minimum absolute atomic E-state index is 0.298. The molecule has 0 aliphatic carbocycles. The van der Waals surface area contributed by atoms with Gasteiger partial charge in [0.2, 0.25) is 0 Å². The van der Waals surface area contributed by atoms with Crippen molar-refractivity contribution in [2.24, 2.45) is 0 Å². The largest absolute Gasteiger partial charge is 0.477 e. The van der Waals surface area contributed by atoms with Crippen LogP contribution in [0.15, 0.2) is 48.8 Å². The number of aromatic nitrogens is 1. The van der Waals surface area contributed by atoms with E-state index in [1.54, 1.807) is 12.4 Å². The zero-order valence-corrected chi connectivity index (χ0v) is 10.6. The summed E-state index contributed by atoms with van der Waals surface area (Å²) in [5.74, 6) is -0.931. The summed E-state index contributed by atoms with van der Waals surface area (Å²) in [5.41, 5.74) is 1.46. The summed E-state index contributed by atoms with van der Waals surface area (Å²) in [6.07, 6.45) is 3.35. The molecule has 0 bridgehead atoms. The lowest BCUT2D eigenvalue weighted by molar-refractivity contribution is 0.0703. The molecule has 0 radical (unpaired) electrons. The highest BCUT2D eigenvalue weighted by atomic mass is 32.1. The maximum atomic E-state index is 11.3. The van der Waals surface area contributed by atoms with Crippen molar-refractivity contribution >= 4 is 38.8 Å². The minimum atomic E-state index is -0.931. The zero-order valence-electron chi connectivity index (χ0n) is 9.83. The third kappa shape index (κ3) is 2.15. The first-order chi connectivity index (χ1) is 9.25. The molecule has 2 heterocycles. The second kappa shape index (κ2) is 4.70. The average Bonchev–Trinajstić information content (AvgIpc) is 2.79. The van der Waals surface area contributed by atoms with Gasteiger partial charge in [-0.25, -0.2) is 4.79 Å². The van der Waals surface area contributed by atoms with E-state index in [0.717, 1.165) is 15.8 Å². The molecule has 4 nitrogen and oxygen atoms in total. The minimum Gasteiger partial charge on any atom is -0.477 e. The quantitative estimate of drug-likeness (QED) is 0.761. The Morgan fingerprint density at radius 3 is 2.74 bits per heavy atom. The van der Waals surface area contributed by atoms with Crippen LogP contribution in [0.3, 0.4) is 0 Å². The van der Waals surface area contributed by atoms with E-state index in [1.165, 1.54) is 11.3 Å². The van der Waals surface area contributed by atoms with Crippen molar-refractivity contribution in [1.82, 2.24) is 4.98 Å². The van der Waals surface area contributed by atoms with Crippen LogP contribution in [0.25, 0.3) is 10.1 Å². The lowest BCUT2D eigenvalue weighted by Gasteiger charge is -2.06. The third-order valence-electron chi connectivity index (χ3n) is 2.73. The second-order valence-corrected chi connectivity index (χ2v) is 5.03. The van der Waals surface area contributed by atoms with E-state index in [-0.39, 0.29) is 0 Å². The SMILES string of the molecule is O=C(O)c1sc2ccncc2c1Nc1ccccc1. The second-order valence-electron chi connectivity index (χ2n) is 3.97. The van der Waals surface area contributed by atoms with Crippen molar-refractivity contribution in [3.8, 4) is 0 Å². The van der Waals surface area contributed by atoms with Crippen LogP contribution in [-0.4, -0.2) is 16.1 Å². The Morgan fingerprint density at radius 1 is 1.21 bits per heavy atom. The first-order valence-corrected chi connectivity index (χ1v) is 6.49. The fraction of sp³-hybridized carbons (Fsp3) is 0. The number of fused-ring (bicyclic) bond motifs is 1. The number of nitrogens with one attached hydrogen (secondary N) is 1. The van der Waals surface area contributed by atoms with E-state index < -0.39 is 5.97 Å². The van der Waals surface area contributed by atoms with Gasteiger partial charge in [0.1, 0.15) is 4.88 Å². The molecule has 2 aromatic heterocycles. The van der Waals surface area contributed by atoms with Gasteiger partial charge in [-0.05, 0) is 18.2 Å². The highest BCUT2D eigenvalue weighted by molar-refractivity contribution is 7.21. The Morgan fingerprint density at radius 2 is 2.00 bits per heavy atom. The summed E-state index contributed by atoms with van der Waals surface area (Å²) >= 11 is 1.25. The first kappa shape index (κ1) is 11.7. The molecule has 0 amide bonds. The van der Waals surface area contributed by atoms with Crippen LogP contribution >= 0.6 is 11.3 Å². The van der Waals surface area contributed by atoms with E-state index >= 15 is 0 Å². The Kier molecular flexibility index (Phi) is 2.89. The van der Waals surface area contributed by atoms with Gasteiger partial charge in [-0.3, -0.25) is 4.98 Å². The number of anilines is 2. The number of para-hydroxylation sites is 1. The summed E-state index contributed by atoms with van der Waals surface area (Å²) < 4.78 is 0.908. The molecule has 94 valence electrons. The average molecular weight is 270 g/mol. The molecule has 0 unspecified atom stereocenters. The summed E-state index contributed by atoms with van der Waals surface area (Å²) in [7, 11) is 0. The Bertz CT molecular complexity index is 738. The summed E-state index contributed by atoms with van der Waals surface area (Å²) in [6, 6.07) is 11.3. The number of rotatable bonds is 3. The predicted molar refractivity (Wildman–Crippen MR) is 76.3 cm³/mol. The molecule has 0 spiro atoms. The predicted octanol–water partition coefficient (Wildman–Crippen LogP) is 3.74. The van der Waals surface area contributed by atoms with Gasteiger partial charge in [-0.1, -0.05) is 18.2 Å². The van der Waals surface area contributed by atoms with Crippen LogP contribution < -0.4 is 5.32 Å². The van der Waals surface area contributed by atoms with Gasteiger partial charge in [0.25, 0.3) is 0 Å². The smallest absolute Gasteiger partial charge is 0.348 e. The highest BCUT2D eigenvalue weighted by Crippen LogP contribution is 2.36. The number of carbonyl (C=O) groups is 1. The number of aromatic carboxylic acids is 1. The van der Waals surface area contributed by atoms with Crippen molar-refractivity contribution in [3.63, 3.8) is 0 Å². The molecule has 0 aliphatic rings. The van der Waals surface area contributed by atoms with Crippen LogP contribution in [0, 0.1) is 0 Å². The highest BCUT2D eigenvalue weighted by Gasteiger charge is 2.17. The Balaban J connectivity index is 2.15. The van der Waals surface area contributed by atoms with Gasteiger partial charge < -0.3 is 10.4 Å². The molecule has 0 saturated heterocycles. The molecule has 5 heteroatoms. The molecule has 0 fully saturated rings. The van der Waals surface area contributed by atoms with Crippen molar-refractivity contribution in [2.75, 3.05) is 5.32 Å². The fourth-order valence-electron chi connectivity index (χ4n) is 1.88. The molecule has 1 aromatic carbocycles. The van der Waals surface area contributed by atoms with Crippen molar-refractivity contribution < 1.29 is 9.90 Å². The monoisotopic (exact) mass is 270 g/mol. The molecule has 2 N–H and O–H groups in total. The Labute approximate surface area is 113 Å². The van der Waals surface area contributed by atoms with Crippen molar-refractivity contribution in [2.45, 2.75) is 0 Å². The van der Waals surface area contributed by atoms with Crippen LogP contribution in [0.4, 0.5) is 11.4 Å². The summed E-state index contributed by atoms with van der Waals surface area (Å²) in [4.78, 5) is 15.7. The number of carboxylic acid groups (broad SMARTS) is 1. The van der Waals surface area contributed by atoms with Crippen LogP contribution in [-0.2, 0) is 0 Å². The van der Waals surface area contributed by atoms with Gasteiger partial charge in [-0.2, -0.15) is 0 Å². The van der Waals surface area contributed by atoms with Gasteiger partial charge in [0.05, 0.1) is 5.69 Å². The lowest BCUT2D eigenvalue weighted by Crippen LogP contribution is -1.98. The number of pyridine rings is 1. The lowest BCUT2D eigenvalue weighted by atomic mass is 10.2.